The molecule has 0 bridgehead atoms. The lowest BCUT2D eigenvalue weighted by molar-refractivity contribution is -0.125. The first kappa shape index (κ1) is 9.43. The van der Waals surface area contributed by atoms with Crippen LogP contribution in [0.3, 0.4) is 0 Å². The van der Waals surface area contributed by atoms with Gasteiger partial charge in [0, 0.05) is 18.8 Å². The van der Waals surface area contributed by atoms with E-state index in [-0.39, 0.29) is 11.7 Å². The number of rotatable bonds is 4. The lowest BCUT2D eigenvalue weighted by Gasteiger charge is -2.05. The molecule has 12 heavy (non-hydrogen) atoms. The Kier molecular flexibility index (Phi) is 3.45. The van der Waals surface area contributed by atoms with Gasteiger partial charge >= 0.3 is 0 Å². The van der Waals surface area contributed by atoms with Crippen molar-refractivity contribution >= 4 is 11.6 Å². The maximum absolute atomic E-state index is 11.4. The third-order valence-corrected chi connectivity index (χ3v) is 2.53. The summed E-state index contributed by atoms with van der Waals surface area (Å²) in [5, 5.41) is 0. The average Bonchev–Trinajstić information content (AvgIpc) is 2.51. The molecule has 1 aliphatic carbocycles. The maximum Gasteiger partial charge on any atom is 0.136 e. The second kappa shape index (κ2) is 4.39. The average molecular weight is 168 g/mol. The van der Waals surface area contributed by atoms with E-state index in [9.17, 15) is 9.59 Å². The molecule has 1 fully saturated rings. The summed E-state index contributed by atoms with van der Waals surface area (Å²) >= 11 is 0. The van der Waals surface area contributed by atoms with E-state index in [1.807, 2.05) is 0 Å². The number of hydrogen-bond donors (Lipinski definition) is 0. The molecule has 1 rings (SSSR count). The van der Waals surface area contributed by atoms with E-state index in [1.165, 1.54) is 12.8 Å². The molecule has 0 amide bonds. The molecule has 2 heteroatoms. The molecule has 0 saturated heterocycles. The van der Waals surface area contributed by atoms with Crippen LogP contribution in [0.5, 0.6) is 0 Å². The van der Waals surface area contributed by atoms with Crippen LogP contribution in [0.2, 0.25) is 0 Å². The summed E-state index contributed by atoms with van der Waals surface area (Å²) in [4.78, 5) is 22.0. The topological polar surface area (TPSA) is 34.1 Å². The minimum Gasteiger partial charge on any atom is -0.300 e. The second-order valence-electron chi connectivity index (χ2n) is 3.65. The summed E-state index contributed by atoms with van der Waals surface area (Å²) in [5.41, 5.74) is 0. The van der Waals surface area contributed by atoms with Crippen LogP contribution in [-0.2, 0) is 9.59 Å². The SMILES string of the molecule is CC(=O)CCC(=O)C1CCCC1. The monoisotopic (exact) mass is 168 g/mol. The number of ketones is 2. The van der Waals surface area contributed by atoms with E-state index in [2.05, 4.69) is 0 Å². The predicted molar refractivity (Wildman–Crippen MR) is 46.9 cm³/mol. The number of carbonyl (C=O) groups excluding carboxylic acids is 2. The van der Waals surface area contributed by atoms with Crippen molar-refractivity contribution in [2.24, 2.45) is 5.92 Å². The first-order chi connectivity index (χ1) is 5.70. The highest BCUT2D eigenvalue weighted by molar-refractivity contribution is 5.86. The van der Waals surface area contributed by atoms with Gasteiger partial charge in [-0.05, 0) is 19.8 Å². The van der Waals surface area contributed by atoms with Crippen LogP contribution >= 0.6 is 0 Å². The second-order valence-corrected chi connectivity index (χ2v) is 3.65. The van der Waals surface area contributed by atoms with Crippen molar-refractivity contribution < 1.29 is 9.59 Å². The van der Waals surface area contributed by atoms with Crippen molar-refractivity contribution in [2.45, 2.75) is 45.4 Å². The molecule has 0 aromatic heterocycles. The number of carbonyl (C=O) groups is 2. The molecule has 0 spiro atoms. The Morgan fingerprint density at radius 2 is 1.75 bits per heavy atom. The van der Waals surface area contributed by atoms with Gasteiger partial charge in [-0.15, -0.1) is 0 Å². The van der Waals surface area contributed by atoms with Gasteiger partial charge in [0.15, 0.2) is 0 Å². The number of Topliss-reactive ketones (excluding diaryl/α,β-unsaturated/α-hetero) is 2. The molecule has 0 heterocycles. The summed E-state index contributed by atoms with van der Waals surface area (Å²) in [6, 6.07) is 0. The van der Waals surface area contributed by atoms with E-state index in [0.717, 1.165) is 12.8 Å². The van der Waals surface area contributed by atoms with Crippen LogP contribution in [0.1, 0.15) is 45.4 Å². The van der Waals surface area contributed by atoms with Gasteiger partial charge < -0.3 is 4.79 Å². The van der Waals surface area contributed by atoms with Gasteiger partial charge in [-0.1, -0.05) is 12.8 Å². The molecular weight excluding hydrogens is 152 g/mol. The maximum atomic E-state index is 11.4. The highest BCUT2D eigenvalue weighted by Crippen LogP contribution is 2.26. The van der Waals surface area contributed by atoms with Crippen molar-refractivity contribution in [2.75, 3.05) is 0 Å². The third-order valence-electron chi connectivity index (χ3n) is 2.53. The summed E-state index contributed by atoms with van der Waals surface area (Å²) in [7, 11) is 0. The zero-order valence-electron chi connectivity index (χ0n) is 7.64. The summed E-state index contributed by atoms with van der Waals surface area (Å²) < 4.78 is 0. The van der Waals surface area contributed by atoms with Crippen LogP contribution in [0.25, 0.3) is 0 Å². The lowest BCUT2D eigenvalue weighted by Crippen LogP contribution is -2.11. The molecule has 0 unspecified atom stereocenters. The summed E-state index contributed by atoms with van der Waals surface area (Å²) in [6.07, 6.45) is 5.40. The first-order valence-electron chi connectivity index (χ1n) is 4.72. The zero-order valence-corrected chi connectivity index (χ0v) is 7.64. The molecule has 0 aromatic carbocycles. The van der Waals surface area contributed by atoms with Gasteiger partial charge in [0.2, 0.25) is 0 Å². The molecule has 1 aliphatic rings. The van der Waals surface area contributed by atoms with E-state index < -0.39 is 0 Å². The van der Waals surface area contributed by atoms with Crippen LogP contribution in [0.15, 0.2) is 0 Å². The quantitative estimate of drug-likeness (QED) is 0.644. The molecular formula is C10H16O2. The highest BCUT2D eigenvalue weighted by atomic mass is 16.1. The summed E-state index contributed by atoms with van der Waals surface area (Å²) in [5.74, 6) is 0.716. The standard InChI is InChI=1S/C10H16O2/c1-8(11)6-7-10(12)9-4-2-3-5-9/h9H,2-7H2,1H3. The Hall–Kier alpha value is -0.660. The molecule has 0 radical (unpaired) electrons. The van der Waals surface area contributed by atoms with Crippen LogP contribution < -0.4 is 0 Å². The van der Waals surface area contributed by atoms with Crippen LogP contribution in [0.4, 0.5) is 0 Å². The Bertz CT molecular complexity index is 178. The fraction of sp³-hybridized carbons (Fsp3) is 0.800. The van der Waals surface area contributed by atoms with Gasteiger partial charge in [0.1, 0.15) is 11.6 Å². The Morgan fingerprint density at radius 3 is 2.25 bits per heavy atom. The third kappa shape index (κ3) is 2.76. The predicted octanol–water partition coefficient (Wildman–Crippen LogP) is 2.11. The fourth-order valence-corrected chi connectivity index (χ4v) is 1.75. The molecule has 2 nitrogen and oxygen atoms in total. The van der Waals surface area contributed by atoms with Gasteiger partial charge in [-0.3, -0.25) is 4.79 Å². The van der Waals surface area contributed by atoms with Crippen molar-refractivity contribution in [1.29, 1.82) is 0 Å². The molecule has 0 aliphatic heterocycles. The Labute approximate surface area is 73.3 Å². The number of hydrogen-bond acceptors (Lipinski definition) is 2. The largest absolute Gasteiger partial charge is 0.300 e. The summed E-state index contributed by atoms with van der Waals surface area (Å²) in [6.45, 7) is 1.54. The zero-order chi connectivity index (χ0) is 8.97. The Morgan fingerprint density at radius 1 is 1.17 bits per heavy atom. The molecule has 1 saturated carbocycles. The Balaban J connectivity index is 2.23. The minimum absolute atomic E-state index is 0.126. The first-order valence-corrected chi connectivity index (χ1v) is 4.72. The van der Waals surface area contributed by atoms with Crippen LogP contribution in [-0.4, -0.2) is 11.6 Å². The van der Waals surface area contributed by atoms with Gasteiger partial charge in [-0.2, -0.15) is 0 Å². The molecule has 0 atom stereocenters. The molecule has 0 N–H and O–H groups in total. The van der Waals surface area contributed by atoms with Crippen LogP contribution in [0, 0.1) is 5.92 Å². The smallest absolute Gasteiger partial charge is 0.136 e. The van der Waals surface area contributed by atoms with Crippen molar-refractivity contribution in [3.05, 3.63) is 0 Å². The highest BCUT2D eigenvalue weighted by Gasteiger charge is 2.21. The van der Waals surface area contributed by atoms with Gasteiger partial charge in [-0.25, -0.2) is 0 Å². The lowest BCUT2D eigenvalue weighted by atomic mass is 9.98. The van der Waals surface area contributed by atoms with E-state index in [1.54, 1.807) is 6.92 Å². The van der Waals surface area contributed by atoms with E-state index in [0.29, 0.717) is 18.6 Å². The molecule has 68 valence electrons. The van der Waals surface area contributed by atoms with Crippen molar-refractivity contribution in [1.82, 2.24) is 0 Å². The van der Waals surface area contributed by atoms with E-state index >= 15 is 0 Å². The van der Waals surface area contributed by atoms with Gasteiger partial charge in [0.05, 0.1) is 0 Å². The van der Waals surface area contributed by atoms with Crippen molar-refractivity contribution in [3.63, 3.8) is 0 Å². The normalized spacial score (nSPS) is 18.1. The molecule has 0 aromatic rings. The van der Waals surface area contributed by atoms with Gasteiger partial charge in [0.25, 0.3) is 0 Å². The van der Waals surface area contributed by atoms with Crippen molar-refractivity contribution in [3.8, 4) is 0 Å². The minimum atomic E-state index is 0.126. The van der Waals surface area contributed by atoms with E-state index in [4.69, 9.17) is 0 Å². The fourth-order valence-electron chi connectivity index (χ4n) is 1.75.